The molecule has 16 heavy (non-hydrogen) atoms. The van der Waals surface area contributed by atoms with Crippen molar-refractivity contribution in [3.63, 3.8) is 0 Å². The number of aldehydes is 1. The topological polar surface area (TPSA) is 59.3 Å². The van der Waals surface area contributed by atoms with Gasteiger partial charge < -0.3 is 9.47 Å². The normalized spacial score (nSPS) is 11.6. The Hall–Kier alpha value is -1.93. The van der Waals surface area contributed by atoms with Gasteiger partial charge in [-0.15, -0.1) is 0 Å². The summed E-state index contributed by atoms with van der Waals surface area (Å²) in [7, 11) is 0. The molecule has 1 radical (unpaired) electrons. The zero-order valence-corrected chi connectivity index (χ0v) is 8.57. The molecule has 0 saturated carbocycles. The van der Waals surface area contributed by atoms with Crippen molar-refractivity contribution in [2.45, 2.75) is 13.2 Å². The van der Waals surface area contributed by atoms with E-state index in [0.29, 0.717) is 6.29 Å². The zero-order valence-electron chi connectivity index (χ0n) is 8.57. The van der Waals surface area contributed by atoms with Crippen LogP contribution in [-0.2, 0) is 9.53 Å². The summed E-state index contributed by atoms with van der Waals surface area (Å²) in [6.45, 7) is 1.98. The highest BCUT2D eigenvalue weighted by molar-refractivity contribution is 5.55. The number of hydrogen-bond acceptors (Lipinski definition) is 4. The van der Waals surface area contributed by atoms with Gasteiger partial charge in [-0.25, -0.2) is 4.39 Å². The molecule has 1 atom stereocenters. The first-order valence-corrected chi connectivity index (χ1v) is 4.56. The lowest BCUT2D eigenvalue weighted by Gasteiger charge is -2.13. The van der Waals surface area contributed by atoms with Crippen LogP contribution in [0.5, 0.6) is 5.75 Å². The molecule has 0 aliphatic carbocycles. The van der Waals surface area contributed by atoms with Crippen molar-refractivity contribution < 1.29 is 18.7 Å². The van der Waals surface area contributed by atoms with Gasteiger partial charge in [0.25, 0.3) is 6.29 Å². The molecule has 0 aliphatic rings. The van der Waals surface area contributed by atoms with Gasteiger partial charge in [0.1, 0.15) is 17.6 Å². The molecule has 4 nitrogen and oxygen atoms in total. The van der Waals surface area contributed by atoms with Crippen molar-refractivity contribution in [3.8, 4) is 11.8 Å². The van der Waals surface area contributed by atoms with Gasteiger partial charge in [-0.3, -0.25) is 4.79 Å². The summed E-state index contributed by atoms with van der Waals surface area (Å²) in [5, 5.41) is 8.72. The summed E-state index contributed by atoms with van der Waals surface area (Å²) in [4.78, 5) is 10.5. The number of hydrogen-bond donors (Lipinski definition) is 0. The van der Waals surface area contributed by atoms with Gasteiger partial charge in [-0.2, -0.15) is 5.26 Å². The molecule has 0 fully saturated rings. The molecule has 0 N–H and O–H groups in total. The minimum absolute atomic E-state index is 0.0113. The van der Waals surface area contributed by atoms with E-state index in [1.165, 1.54) is 0 Å². The lowest BCUT2D eigenvalue weighted by molar-refractivity contribution is -0.136. The van der Waals surface area contributed by atoms with Crippen LogP contribution >= 0.6 is 0 Å². The first kappa shape index (κ1) is 12.1. The second kappa shape index (κ2) is 5.83. The number of carbonyl (C=O) groups excluding carboxylic acids is 1. The average Bonchev–Trinajstić information content (AvgIpc) is 2.30. The van der Waals surface area contributed by atoms with Crippen molar-refractivity contribution in [1.82, 2.24) is 0 Å². The fraction of sp³-hybridized carbons (Fsp3) is 0.273. The highest BCUT2D eigenvalue weighted by Gasteiger charge is 2.12. The molecule has 1 rings (SSSR count). The number of nitriles is 1. The smallest absolute Gasteiger partial charge is 0.256 e. The Kier molecular flexibility index (Phi) is 4.42. The molecule has 1 aromatic carbocycles. The lowest BCUT2D eigenvalue weighted by atomic mass is 10.2. The molecular formula is C11H9FNO3. The summed E-state index contributed by atoms with van der Waals surface area (Å²) < 4.78 is 22.7. The van der Waals surface area contributed by atoms with E-state index >= 15 is 0 Å². The molecule has 0 aliphatic heterocycles. The molecule has 0 aromatic heterocycles. The number of halogens is 1. The predicted octanol–water partition coefficient (Wildman–Crippen LogP) is 1.44. The monoisotopic (exact) mass is 222 g/mol. The number of nitrogens with zero attached hydrogens (tertiary/aromatic N) is 1. The van der Waals surface area contributed by atoms with E-state index in [4.69, 9.17) is 14.7 Å². The largest absolute Gasteiger partial charge is 0.456 e. The van der Waals surface area contributed by atoms with E-state index in [9.17, 15) is 9.18 Å². The first-order valence-electron chi connectivity index (χ1n) is 4.56. The van der Waals surface area contributed by atoms with Crippen molar-refractivity contribution in [2.75, 3.05) is 6.61 Å². The van der Waals surface area contributed by atoms with Crippen LogP contribution in [0.15, 0.2) is 12.1 Å². The maximum absolute atomic E-state index is 12.7. The Morgan fingerprint density at radius 1 is 1.75 bits per heavy atom. The molecule has 0 heterocycles. The van der Waals surface area contributed by atoms with E-state index < -0.39 is 12.1 Å². The Morgan fingerprint density at radius 3 is 3.06 bits per heavy atom. The maximum atomic E-state index is 12.7. The number of rotatable bonds is 5. The summed E-state index contributed by atoms with van der Waals surface area (Å²) >= 11 is 0. The summed E-state index contributed by atoms with van der Waals surface area (Å²) in [5.41, 5.74) is -0.0113. The minimum Gasteiger partial charge on any atom is -0.456 e. The zero-order chi connectivity index (χ0) is 12.0. The fourth-order valence-corrected chi connectivity index (χ4v) is 1.03. The molecule has 0 amide bonds. The third-order valence-electron chi connectivity index (χ3n) is 1.68. The molecule has 0 spiro atoms. The molecular weight excluding hydrogens is 213 g/mol. The molecule has 0 saturated heterocycles. The fourth-order valence-electron chi connectivity index (χ4n) is 1.03. The molecule has 0 bridgehead atoms. The Morgan fingerprint density at radius 2 is 2.50 bits per heavy atom. The Labute approximate surface area is 92.2 Å². The van der Waals surface area contributed by atoms with Gasteiger partial charge in [0.2, 0.25) is 0 Å². The van der Waals surface area contributed by atoms with Crippen LogP contribution < -0.4 is 4.74 Å². The second-order valence-electron chi connectivity index (χ2n) is 2.75. The summed E-state index contributed by atoms with van der Waals surface area (Å²) in [5.74, 6) is -0.600. The van der Waals surface area contributed by atoms with Crippen molar-refractivity contribution in [1.29, 1.82) is 5.26 Å². The molecule has 83 valence electrons. The van der Waals surface area contributed by atoms with E-state index in [0.717, 1.165) is 12.1 Å². The quantitative estimate of drug-likeness (QED) is 0.558. The lowest BCUT2D eigenvalue weighted by Crippen LogP contribution is -2.22. The standard InChI is InChI=1S/C11H9FNO3/c1-2-15-11(7-14)16-10-4-3-9(12)5-8(10)6-13/h4-5,7,11H,2H2,1H3. The third-order valence-corrected chi connectivity index (χ3v) is 1.68. The Bertz CT molecular complexity index is 414. The van der Waals surface area contributed by atoms with Crippen LogP contribution in [0.4, 0.5) is 4.39 Å². The van der Waals surface area contributed by atoms with Gasteiger partial charge in [0.05, 0.1) is 5.56 Å². The van der Waals surface area contributed by atoms with Crippen molar-refractivity contribution in [2.24, 2.45) is 0 Å². The van der Waals surface area contributed by atoms with Crippen LogP contribution in [0.3, 0.4) is 0 Å². The predicted molar refractivity (Wildman–Crippen MR) is 52.1 cm³/mol. The first-order chi connectivity index (χ1) is 7.71. The molecule has 1 aromatic rings. The Balaban J connectivity index is 2.88. The van der Waals surface area contributed by atoms with Crippen LogP contribution in [0, 0.1) is 23.2 Å². The SMILES string of the molecule is CCOC(C=O)Oc1c[c]c(F)cc1C#N. The van der Waals surface area contributed by atoms with Crippen LogP contribution in [0.2, 0.25) is 0 Å². The van der Waals surface area contributed by atoms with Crippen molar-refractivity contribution in [3.05, 3.63) is 29.6 Å². The highest BCUT2D eigenvalue weighted by atomic mass is 19.1. The molecule has 1 unspecified atom stereocenters. The summed E-state index contributed by atoms with van der Waals surface area (Å²) in [6, 6.07) is 6.11. The van der Waals surface area contributed by atoms with Gasteiger partial charge >= 0.3 is 0 Å². The van der Waals surface area contributed by atoms with Crippen LogP contribution in [0.25, 0.3) is 0 Å². The van der Waals surface area contributed by atoms with Crippen LogP contribution in [-0.4, -0.2) is 19.2 Å². The van der Waals surface area contributed by atoms with Gasteiger partial charge in [-0.05, 0) is 19.1 Å². The van der Waals surface area contributed by atoms with E-state index in [-0.39, 0.29) is 17.9 Å². The van der Waals surface area contributed by atoms with Crippen molar-refractivity contribution >= 4 is 6.29 Å². The van der Waals surface area contributed by atoms with Gasteiger partial charge in [-0.1, -0.05) is 0 Å². The van der Waals surface area contributed by atoms with Crippen LogP contribution in [0.1, 0.15) is 12.5 Å². The van der Waals surface area contributed by atoms with Gasteiger partial charge in [0, 0.05) is 12.7 Å². The average molecular weight is 222 g/mol. The number of benzene rings is 1. The number of ether oxygens (including phenoxy) is 2. The van der Waals surface area contributed by atoms with Gasteiger partial charge in [0.15, 0.2) is 6.29 Å². The highest BCUT2D eigenvalue weighted by Crippen LogP contribution is 2.19. The minimum atomic E-state index is -1.10. The van der Waals surface area contributed by atoms with E-state index in [1.54, 1.807) is 13.0 Å². The maximum Gasteiger partial charge on any atom is 0.256 e. The third kappa shape index (κ3) is 3.04. The number of carbonyl (C=O) groups is 1. The molecule has 5 heteroatoms. The van der Waals surface area contributed by atoms with E-state index in [1.807, 2.05) is 0 Å². The van der Waals surface area contributed by atoms with E-state index in [2.05, 4.69) is 6.07 Å². The second-order valence-corrected chi connectivity index (χ2v) is 2.75. The summed E-state index contributed by atoms with van der Waals surface area (Å²) in [6.07, 6.45) is -0.649.